The first-order chi connectivity index (χ1) is 8.06. The van der Waals surface area contributed by atoms with Gasteiger partial charge in [-0.25, -0.2) is 4.39 Å². The van der Waals surface area contributed by atoms with E-state index in [9.17, 15) is 9.50 Å². The fourth-order valence-corrected chi connectivity index (χ4v) is 2.37. The van der Waals surface area contributed by atoms with Crippen molar-refractivity contribution in [1.82, 2.24) is 4.90 Å². The zero-order valence-electron chi connectivity index (χ0n) is 10.1. The van der Waals surface area contributed by atoms with E-state index in [2.05, 4.69) is 4.90 Å². The number of nitrogens with two attached hydrogens (primary N) is 1. The van der Waals surface area contributed by atoms with Gasteiger partial charge in [-0.2, -0.15) is 0 Å². The van der Waals surface area contributed by atoms with Crippen LogP contribution >= 0.6 is 0 Å². The van der Waals surface area contributed by atoms with Gasteiger partial charge < -0.3 is 15.7 Å². The maximum absolute atomic E-state index is 13.7. The van der Waals surface area contributed by atoms with Crippen LogP contribution in [0.2, 0.25) is 0 Å². The van der Waals surface area contributed by atoms with Crippen molar-refractivity contribution in [3.63, 3.8) is 0 Å². The molecule has 0 saturated heterocycles. The van der Waals surface area contributed by atoms with Crippen molar-refractivity contribution in [1.29, 1.82) is 0 Å². The maximum Gasteiger partial charge on any atom is 0.150 e. The summed E-state index contributed by atoms with van der Waals surface area (Å²) in [5, 5.41) is 9.21. The van der Waals surface area contributed by atoms with Crippen molar-refractivity contribution in [2.24, 2.45) is 5.92 Å². The third-order valence-electron chi connectivity index (χ3n) is 3.33. The maximum atomic E-state index is 13.7. The Morgan fingerprint density at radius 1 is 1.47 bits per heavy atom. The molecule has 0 spiro atoms. The topological polar surface area (TPSA) is 49.5 Å². The number of aliphatic hydroxyl groups is 1. The van der Waals surface area contributed by atoms with Gasteiger partial charge in [0, 0.05) is 18.7 Å². The van der Waals surface area contributed by atoms with Crippen LogP contribution in [-0.4, -0.2) is 29.7 Å². The monoisotopic (exact) mass is 238 g/mol. The lowest BCUT2D eigenvalue weighted by atomic mass is 9.82. The largest absolute Gasteiger partial charge is 0.396 e. The minimum atomic E-state index is -0.312. The van der Waals surface area contributed by atoms with Crippen LogP contribution in [0.5, 0.6) is 0 Å². The molecule has 0 aromatic heterocycles. The summed E-state index contributed by atoms with van der Waals surface area (Å²) in [6.07, 6.45) is 1.60. The number of hydrogen-bond donors (Lipinski definition) is 2. The number of nitrogen functional groups attached to an aromatic ring is 1. The van der Waals surface area contributed by atoms with Gasteiger partial charge in [0.25, 0.3) is 0 Å². The van der Waals surface area contributed by atoms with Crippen molar-refractivity contribution in [2.75, 3.05) is 19.3 Å². The molecular weight excluding hydrogens is 219 g/mol. The second kappa shape index (κ2) is 5.02. The van der Waals surface area contributed by atoms with E-state index in [0.717, 1.165) is 19.4 Å². The summed E-state index contributed by atoms with van der Waals surface area (Å²) >= 11 is 0. The first-order valence-electron chi connectivity index (χ1n) is 5.95. The number of hydrogen-bond acceptors (Lipinski definition) is 3. The number of benzene rings is 1. The van der Waals surface area contributed by atoms with Crippen LogP contribution in [0.4, 0.5) is 10.1 Å². The Morgan fingerprint density at radius 3 is 2.82 bits per heavy atom. The second-order valence-electron chi connectivity index (χ2n) is 5.01. The lowest BCUT2D eigenvalue weighted by Gasteiger charge is -2.34. The fraction of sp³-hybridized carbons (Fsp3) is 0.538. The van der Waals surface area contributed by atoms with E-state index < -0.39 is 0 Å². The van der Waals surface area contributed by atoms with Crippen LogP contribution in [0.3, 0.4) is 0 Å². The normalized spacial score (nSPS) is 23.8. The molecule has 1 saturated carbocycles. The highest BCUT2D eigenvalue weighted by atomic mass is 19.1. The summed E-state index contributed by atoms with van der Waals surface area (Å²) in [5.74, 6) is 0.229. The van der Waals surface area contributed by atoms with Gasteiger partial charge in [-0.15, -0.1) is 0 Å². The van der Waals surface area contributed by atoms with Crippen molar-refractivity contribution in [3.05, 3.63) is 29.6 Å². The van der Waals surface area contributed by atoms with E-state index in [0.29, 0.717) is 18.0 Å². The number of aliphatic hydroxyl groups excluding tert-OH is 1. The standard InChI is InChI=1S/C13H19FN2O/c1-16(7-9-5-11(17)6-9)8-10-3-2-4-12(15)13(10)14/h2-4,9,11,17H,5-8,15H2,1H3. The molecule has 1 aliphatic rings. The molecule has 2 rings (SSSR count). The molecule has 1 aromatic carbocycles. The summed E-state index contributed by atoms with van der Waals surface area (Å²) in [6, 6.07) is 5.10. The number of anilines is 1. The molecule has 0 radical (unpaired) electrons. The SMILES string of the molecule is CN(Cc1cccc(N)c1F)CC1CC(O)C1. The number of halogens is 1. The lowest BCUT2D eigenvalue weighted by Crippen LogP contribution is -2.36. The quantitative estimate of drug-likeness (QED) is 0.783. The first-order valence-corrected chi connectivity index (χ1v) is 5.95. The predicted molar refractivity (Wildman–Crippen MR) is 65.9 cm³/mol. The van der Waals surface area contributed by atoms with E-state index in [1.165, 1.54) is 0 Å². The minimum Gasteiger partial charge on any atom is -0.396 e. The van der Waals surface area contributed by atoms with E-state index in [-0.39, 0.29) is 17.6 Å². The van der Waals surface area contributed by atoms with Crippen LogP contribution < -0.4 is 5.73 Å². The first kappa shape index (κ1) is 12.3. The molecule has 0 aliphatic heterocycles. The average molecular weight is 238 g/mol. The molecule has 0 unspecified atom stereocenters. The second-order valence-corrected chi connectivity index (χ2v) is 5.01. The van der Waals surface area contributed by atoms with Gasteiger partial charge in [0.15, 0.2) is 5.82 Å². The van der Waals surface area contributed by atoms with E-state index in [1.807, 2.05) is 7.05 Å². The van der Waals surface area contributed by atoms with Gasteiger partial charge in [0.05, 0.1) is 11.8 Å². The van der Waals surface area contributed by atoms with E-state index >= 15 is 0 Å². The van der Waals surface area contributed by atoms with Crippen molar-refractivity contribution in [3.8, 4) is 0 Å². The summed E-state index contributed by atoms with van der Waals surface area (Å²) in [4.78, 5) is 2.08. The highest BCUT2D eigenvalue weighted by Crippen LogP contribution is 2.28. The van der Waals surface area contributed by atoms with Crippen molar-refractivity contribution >= 4 is 5.69 Å². The Bertz CT molecular complexity index is 391. The Kier molecular flexibility index (Phi) is 3.64. The Morgan fingerprint density at radius 2 is 2.18 bits per heavy atom. The number of rotatable bonds is 4. The smallest absolute Gasteiger partial charge is 0.150 e. The Hall–Kier alpha value is -1.13. The van der Waals surface area contributed by atoms with Gasteiger partial charge >= 0.3 is 0 Å². The molecule has 0 heterocycles. The third kappa shape index (κ3) is 2.96. The van der Waals surface area contributed by atoms with E-state index in [4.69, 9.17) is 5.73 Å². The van der Waals surface area contributed by atoms with Gasteiger partial charge in [0.1, 0.15) is 0 Å². The van der Waals surface area contributed by atoms with Gasteiger partial charge in [0.2, 0.25) is 0 Å². The average Bonchev–Trinajstić information content (AvgIpc) is 2.23. The highest BCUT2D eigenvalue weighted by molar-refractivity contribution is 5.42. The molecule has 94 valence electrons. The highest BCUT2D eigenvalue weighted by Gasteiger charge is 2.27. The molecule has 3 nitrogen and oxygen atoms in total. The molecule has 17 heavy (non-hydrogen) atoms. The summed E-state index contributed by atoms with van der Waals surface area (Å²) in [6.45, 7) is 1.45. The van der Waals surface area contributed by atoms with Gasteiger partial charge in [-0.05, 0) is 31.9 Å². The third-order valence-corrected chi connectivity index (χ3v) is 3.33. The lowest BCUT2D eigenvalue weighted by molar-refractivity contribution is 0.0272. The van der Waals surface area contributed by atoms with Crippen LogP contribution in [0, 0.1) is 11.7 Å². The van der Waals surface area contributed by atoms with Crippen LogP contribution in [-0.2, 0) is 6.54 Å². The molecule has 0 atom stereocenters. The Labute approximate surface area is 101 Å². The molecule has 4 heteroatoms. The van der Waals surface area contributed by atoms with Crippen LogP contribution in [0.15, 0.2) is 18.2 Å². The molecule has 1 fully saturated rings. The summed E-state index contributed by atoms with van der Waals surface area (Å²) in [7, 11) is 1.97. The fourth-order valence-electron chi connectivity index (χ4n) is 2.37. The summed E-state index contributed by atoms with van der Waals surface area (Å²) in [5.41, 5.74) is 6.36. The molecular formula is C13H19FN2O. The van der Waals surface area contributed by atoms with Crippen molar-refractivity contribution < 1.29 is 9.50 Å². The summed E-state index contributed by atoms with van der Waals surface area (Å²) < 4.78 is 13.7. The predicted octanol–water partition coefficient (Wildman–Crippen LogP) is 1.61. The van der Waals surface area contributed by atoms with E-state index in [1.54, 1.807) is 18.2 Å². The molecule has 1 aliphatic carbocycles. The zero-order valence-corrected chi connectivity index (χ0v) is 10.1. The van der Waals surface area contributed by atoms with Crippen LogP contribution in [0.25, 0.3) is 0 Å². The van der Waals surface area contributed by atoms with Gasteiger partial charge in [-0.1, -0.05) is 12.1 Å². The Balaban J connectivity index is 1.89. The molecule has 1 aromatic rings. The minimum absolute atomic E-state index is 0.127. The van der Waals surface area contributed by atoms with Crippen molar-refractivity contribution in [2.45, 2.75) is 25.5 Å². The molecule has 0 amide bonds. The zero-order chi connectivity index (χ0) is 12.4. The number of nitrogens with zero attached hydrogens (tertiary/aromatic N) is 1. The van der Waals surface area contributed by atoms with Gasteiger partial charge in [-0.3, -0.25) is 0 Å². The molecule has 0 bridgehead atoms. The van der Waals surface area contributed by atoms with Crippen LogP contribution in [0.1, 0.15) is 18.4 Å². The molecule has 3 N–H and O–H groups in total.